The molecule has 0 spiro atoms. The van der Waals surface area contributed by atoms with Gasteiger partial charge < -0.3 is 5.32 Å². The molecule has 1 rings (SSSR count). The molecule has 2 nitrogen and oxygen atoms in total. The van der Waals surface area contributed by atoms with Crippen molar-refractivity contribution in [1.82, 2.24) is 5.32 Å². The number of terminal acetylenes is 1. The Morgan fingerprint density at radius 3 is 2.72 bits per heavy atom. The van der Waals surface area contributed by atoms with Crippen LogP contribution in [0.15, 0.2) is 30.3 Å². The van der Waals surface area contributed by atoms with Gasteiger partial charge in [-0.05, 0) is 24.8 Å². The Bertz CT molecular complexity index is 391. The molecule has 2 heteroatoms. The van der Waals surface area contributed by atoms with Crippen LogP contribution < -0.4 is 5.32 Å². The molecule has 1 aromatic rings. The average Bonchev–Trinajstić information content (AvgIpc) is 2.39. The van der Waals surface area contributed by atoms with Gasteiger partial charge in [-0.25, -0.2) is 0 Å². The summed E-state index contributed by atoms with van der Waals surface area (Å²) in [4.78, 5) is 11.7. The third kappa shape index (κ3) is 5.54. The first-order chi connectivity index (χ1) is 8.76. The van der Waals surface area contributed by atoms with E-state index in [2.05, 4.69) is 23.4 Å². The number of hydrogen-bond acceptors (Lipinski definition) is 1. The minimum absolute atomic E-state index is 0.105. The van der Waals surface area contributed by atoms with E-state index in [-0.39, 0.29) is 11.9 Å². The van der Waals surface area contributed by atoms with Gasteiger partial charge >= 0.3 is 0 Å². The molecular formula is C16H21NO. The fourth-order valence-corrected chi connectivity index (χ4v) is 1.84. The van der Waals surface area contributed by atoms with Crippen molar-refractivity contribution in [3.63, 3.8) is 0 Å². The molecule has 1 aromatic carbocycles. The van der Waals surface area contributed by atoms with Crippen LogP contribution >= 0.6 is 0 Å². The zero-order valence-electron chi connectivity index (χ0n) is 11.0. The van der Waals surface area contributed by atoms with Crippen molar-refractivity contribution >= 4 is 5.91 Å². The quantitative estimate of drug-likeness (QED) is 0.733. The van der Waals surface area contributed by atoms with Gasteiger partial charge in [0.1, 0.15) is 0 Å². The van der Waals surface area contributed by atoms with Crippen LogP contribution in [0.1, 0.15) is 38.2 Å². The van der Waals surface area contributed by atoms with Gasteiger partial charge in [-0.2, -0.15) is 0 Å². The Morgan fingerprint density at radius 2 is 2.11 bits per heavy atom. The summed E-state index contributed by atoms with van der Waals surface area (Å²) in [6, 6.07) is 10.3. The van der Waals surface area contributed by atoms with Crippen molar-refractivity contribution in [3.8, 4) is 12.3 Å². The molecule has 1 N–H and O–H groups in total. The molecule has 0 saturated carbocycles. The largest absolute Gasteiger partial charge is 0.352 e. The van der Waals surface area contributed by atoms with Crippen LogP contribution in [0.3, 0.4) is 0 Å². The molecule has 1 amide bonds. The molecule has 0 fully saturated rings. The fourth-order valence-electron chi connectivity index (χ4n) is 1.84. The first-order valence-electron chi connectivity index (χ1n) is 6.53. The van der Waals surface area contributed by atoms with E-state index in [1.54, 1.807) is 0 Å². The fraction of sp³-hybridized carbons (Fsp3) is 0.438. The lowest BCUT2D eigenvalue weighted by molar-refractivity contribution is -0.121. The van der Waals surface area contributed by atoms with Gasteiger partial charge in [-0.15, -0.1) is 12.3 Å². The van der Waals surface area contributed by atoms with E-state index in [0.29, 0.717) is 12.8 Å². The van der Waals surface area contributed by atoms with Crippen LogP contribution in [0, 0.1) is 12.3 Å². The SMILES string of the molecule is C#CCC(CC)NC(=O)CCCc1ccccc1. The van der Waals surface area contributed by atoms with E-state index in [1.165, 1.54) is 5.56 Å². The second-order valence-electron chi connectivity index (χ2n) is 4.42. The number of benzene rings is 1. The molecule has 0 aromatic heterocycles. The summed E-state index contributed by atoms with van der Waals surface area (Å²) in [5.74, 6) is 2.70. The van der Waals surface area contributed by atoms with E-state index >= 15 is 0 Å². The van der Waals surface area contributed by atoms with Gasteiger partial charge in [0.15, 0.2) is 0 Å². The lowest BCUT2D eigenvalue weighted by atomic mass is 10.1. The smallest absolute Gasteiger partial charge is 0.220 e. The molecule has 0 aliphatic carbocycles. The topological polar surface area (TPSA) is 29.1 Å². The maximum absolute atomic E-state index is 11.7. The van der Waals surface area contributed by atoms with Crippen LogP contribution in [0.4, 0.5) is 0 Å². The summed E-state index contributed by atoms with van der Waals surface area (Å²) in [5, 5.41) is 2.97. The zero-order chi connectivity index (χ0) is 13.2. The van der Waals surface area contributed by atoms with E-state index in [4.69, 9.17) is 6.42 Å². The Morgan fingerprint density at radius 1 is 1.39 bits per heavy atom. The highest BCUT2D eigenvalue weighted by Crippen LogP contribution is 2.05. The normalized spacial score (nSPS) is 11.6. The first-order valence-corrected chi connectivity index (χ1v) is 6.53. The van der Waals surface area contributed by atoms with Crippen molar-refractivity contribution < 1.29 is 4.79 Å². The highest BCUT2D eigenvalue weighted by molar-refractivity contribution is 5.76. The van der Waals surface area contributed by atoms with Gasteiger partial charge in [-0.1, -0.05) is 37.3 Å². The second-order valence-corrected chi connectivity index (χ2v) is 4.42. The number of aryl methyl sites for hydroxylation is 1. The zero-order valence-corrected chi connectivity index (χ0v) is 11.0. The Labute approximate surface area is 110 Å². The average molecular weight is 243 g/mol. The number of carbonyl (C=O) groups is 1. The number of rotatable bonds is 7. The van der Waals surface area contributed by atoms with Crippen LogP contribution in [0.5, 0.6) is 0 Å². The summed E-state index contributed by atoms with van der Waals surface area (Å²) in [7, 11) is 0. The van der Waals surface area contributed by atoms with Gasteiger partial charge in [0, 0.05) is 18.9 Å². The summed E-state index contributed by atoms with van der Waals surface area (Å²) >= 11 is 0. The van der Waals surface area contributed by atoms with E-state index in [1.807, 2.05) is 25.1 Å². The Balaban J connectivity index is 2.23. The molecule has 0 aliphatic rings. The standard InChI is InChI=1S/C16H21NO/c1-3-9-15(4-2)17-16(18)13-8-12-14-10-6-5-7-11-14/h1,5-7,10-11,15H,4,8-9,12-13H2,2H3,(H,17,18). The monoisotopic (exact) mass is 243 g/mol. The molecule has 1 unspecified atom stereocenters. The number of nitrogens with one attached hydrogen (secondary N) is 1. The van der Waals surface area contributed by atoms with E-state index in [9.17, 15) is 4.79 Å². The van der Waals surface area contributed by atoms with Crippen molar-refractivity contribution in [2.75, 3.05) is 0 Å². The van der Waals surface area contributed by atoms with Crippen molar-refractivity contribution in [3.05, 3.63) is 35.9 Å². The predicted octanol–water partition coefficient (Wildman–Crippen LogP) is 2.93. The van der Waals surface area contributed by atoms with Crippen LogP contribution in [-0.2, 0) is 11.2 Å². The van der Waals surface area contributed by atoms with Crippen LogP contribution in [-0.4, -0.2) is 11.9 Å². The third-order valence-corrected chi connectivity index (χ3v) is 2.93. The van der Waals surface area contributed by atoms with Gasteiger partial charge in [-0.3, -0.25) is 4.79 Å². The minimum atomic E-state index is 0.105. The predicted molar refractivity (Wildman–Crippen MR) is 75.1 cm³/mol. The number of amides is 1. The number of hydrogen-bond donors (Lipinski definition) is 1. The van der Waals surface area contributed by atoms with E-state index in [0.717, 1.165) is 19.3 Å². The van der Waals surface area contributed by atoms with E-state index < -0.39 is 0 Å². The molecule has 0 aliphatic heterocycles. The molecule has 0 heterocycles. The summed E-state index contributed by atoms with van der Waals surface area (Å²) in [6.45, 7) is 2.03. The maximum Gasteiger partial charge on any atom is 0.220 e. The molecule has 0 bridgehead atoms. The highest BCUT2D eigenvalue weighted by atomic mass is 16.1. The molecule has 1 atom stereocenters. The van der Waals surface area contributed by atoms with Gasteiger partial charge in [0.05, 0.1) is 0 Å². The summed E-state index contributed by atoms with van der Waals surface area (Å²) < 4.78 is 0. The van der Waals surface area contributed by atoms with Crippen LogP contribution in [0.25, 0.3) is 0 Å². The van der Waals surface area contributed by atoms with Gasteiger partial charge in [0.2, 0.25) is 5.91 Å². The lowest BCUT2D eigenvalue weighted by Gasteiger charge is -2.13. The number of carbonyl (C=O) groups excluding carboxylic acids is 1. The van der Waals surface area contributed by atoms with Crippen LogP contribution in [0.2, 0.25) is 0 Å². The Kier molecular flexibility index (Phi) is 6.64. The van der Waals surface area contributed by atoms with Gasteiger partial charge in [0.25, 0.3) is 0 Å². The molecule has 18 heavy (non-hydrogen) atoms. The second kappa shape index (κ2) is 8.36. The summed E-state index contributed by atoms with van der Waals surface area (Å²) in [5.41, 5.74) is 1.28. The minimum Gasteiger partial charge on any atom is -0.352 e. The third-order valence-electron chi connectivity index (χ3n) is 2.93. The molecule has 96 valence electrons. The van der Waals surface area contributed by atoms with Crippen molar-refractivity contribution in [2.24, 2.45) is 0 Å². The molecule has 0 radical (unpaired) electrons. The summed E-state index contributed by atoms with van der Waals surface area (Å²) in [6.07, 6.45) is 9.14. The maximum atomic E-state index is 11.7. The van der Waals surface area contributed by atoms with Crippen molar-refractivity contribution in [2.45, 2.75) is 45.1 Å². The lowest BCUT2D eigenvalue weighted by Crippen LogP contribution is -2.33. The molecular weight excluding hydrogens is 222 g/mol. The molecule has 0 saturated heterocycles. The highest BCUT2D eigenvalue weighted by Gasteiger charge is 2.08. The van der Waals surface area contributed by atoms with Crippen molar-refractivity contribution in [1.29, 1.82) is 0 Å². The Hall–Kier alpha value is -1.75. The first kappa shape index (κ1) is 14.3.